The first-order valence-electron chi connectivity index (χ1n) is 4.28. The maximum atomic E-state index is 10.9. The zero-order valence-corrected chi connectivity index (χ0v) is 8.17. The van der Waals surface area contributed by atoms with Gasteiger partial charge in [-0.3, -0.25) is 10.2 Å². The fraction of sp³-hybridized carbons (Fsp3) is 0.750. The van der Waals surface area contributed by atoms with Crippen LogP contribution < -0.4 is 5.73 Å². The van der Waals surface area contributed by atoms with Crippen molar-refractivity contribution in [1.82, 2.24) is 4.90 Å². The SMILES string of the molecule is CCCC(=O)OCCN(C)C(=N)N. The maximum Gasteiger partial charge on any atom is 0.305 e. The predicted octanol–water partition coefficient (Wildman–Crippen LogP) is 0.155. The molecule has 0 atom stereocenters. The number of ether oxygens (including phenoxy) is 1. The van der Waals surface area contributed by atoms with Crippen LogP contribution in [0, 0.1) is 5.41 Å². The van der Waals surface area contributed by atoms with Crippen LogP contribution in [-0.4, -0.2) is 37.0 Å². The summed E-state index contributed by atoms with van der Waals surface area (Å²) in [5, 5.41) is 7.03. The van der Waals surface area contributed by atoms with E-state index in [1.165, 1.54) is 4.90 Å². The van der Waals surface area contributed by atoms with Gasteiger partial charge in [0.15, 0.2) is 5.96 Å². The van der Waals surface area contributed by atoms with Gasteiger partial charge >= 0.3 is 5.97 Å². The van der Waals surface area contributed by atoms with Gasteiger partial charge < -0.3 is 15.4 Å². The molecule has 0 unspecified atom stereocenters. The first-order valence-corrected chi connectivity index (χ1v) is 4.28. The van der Waals surface area contributed by atoms with E-state index in [-0.39, 0.29) is 18.5 Å². The molecule has 0 bridgehead atoms. The van der Waals surface area contributed by atoms with E-state index < -0.39 is 0 Å². The number of hydrogen-bond donors (Lipinski definition) is 2. The molecule has 0 aliphatic rings. The number of nitrogens with two attached hydrogens (primary N) is 1. The molecule has 0 heterocycles. The molecule has 0 saturated heterocycles. The van der Waals surface area contributed by atoms with Crippen molar-refractivity contribution in [3.63, 3.8) is 0 Å². The van der Waals surface area contributed by atoms with Crippen molar-refractivity contribution in [2.24, 2.45) is 5.73 Å². The van der Waals surface area contributed by atoms with Crippen molar-refractivity contribution in [3.05, 3.63) is 0 Å². The molecule has 0 aromatic heterocycles. The number of nitrogens with one attached hydrogen (secondary N) is 1. The minimum Gasteiger partial charge on any atom is -0.464 e. The fourth-order valence-electron chi connectivity index (χ4n) is 0.693. The summed E-state index contributed by atoms with van der Waals surface area (Å²) in [4.78, 5) is 12.4. The summed E-state index contributed by atoms with van der Waals surface area (Å²) in [5.74, 6) is -0.217. The molecule has 0 radical (unpaired) electrons. The van der Waals surface area contributed by atoms with Crippen LogP contribution in [0.15, 0.2) is 0 Å². The van der Waals surface area contributed by atoms with E-state index in [0.29, 0.717) is 13.0 Å². The molecule has 0 saturated carbocycles. The lowest BCUT2D eigenvalue weighted by Crippen LogP contribution is -2.35. The Hall–Kier alpha value is -1.26. The zero-order chi connectivity index (χ0) is 10.3. The number of nitrogens with zero attached hydrogens (tertiary/aromatic N) is 1. The number of rotatable bonds is 5. The molecule has 0 spiro atoms. The molecule has 3 N–H and O–H groups in total. The quantitative estimate of drug-likeness (QED) is 0.365. The van der Waals surface area contributed by atoms with Crippen molar-refractivity contribution >= 4 is 11.9 Å². The van der Waals surface area contributed by atoms with Gasteiger partial charge in [-0.05, 0) is 6.42 Å². The van der Waals surface area contributed by atoms with Gasteiger partial charge in [-0.1, -0.05) is 6.92 Å². The average Bonchev–Trinajstić information content (AvgIpc) is 2.04. The summed E-state index contributed by atoms with van der Waals surface area (Å²) in [7, 11) is 1.68. The second kappa shape index (κ2) is 6.28. The second-order valence-corrected chi connectivity index (χ2v) is 2.78. The number of likely N-dealkylation sites (N-methyl/N-ethyl adjacent to an activating group) is 1. The van der Waals surface area contributed by atoms with Crippen LogP contribution in [0.2, 0.25) is 0 Å². The zero-order valence-electron chi connectivity index (χ0n) is 8.17. The van der Waals surface area contributed by atoms with Gasteiger partial charge in [0.05, 0.1) is 6.54 Å². The number of carbonyl (C=O) groups excluding carboxylic acids is 1. The van der Waals surface area contributed by atoms with Gasteiger partial charge in [0.25, 0.3) is 0 Å². The highest BCUT2D eigenvalue weighted by Gasteiger charge is 2.02. The number of guanidine groups is 1. The fourth-order valence-corrected chi connectivity index (χ4v) is 0.693. The molecular formula is C8H17N3O2. The van der Waals surface area contributed by atoms with Gasteiger partial charge in [-0.15, -0.1) is 0 Å². The van der Waals surface area contributed by atoms with Crippen LogP contribution in [0.4, 0.5) is 0 Å². The molecule has 0 amide bonds. The first-order chi connectivity index (χ1) is 6.07. The maximum absolute atomic E-state index is 10.9. The lowest BCUT2D eigenvalue weighted by Gasteiger charge is -2.15. The standard InChI is InChI=1S/C8H17N3O2/c1-3-4-7(12)13-6-5-11(2)8(9)10/h3-6H2,1-2H3,(H3,9,10). The number of esters is 1. The molecule has 0 aromatic carbocycles. The van der Waals surface area contributed by atoms with Crippen LogP contribution in [0.3, 0.4) is 0 Å². The second-order valence-electron chi connectivity index (χ2n) is 2.78. The van der Waals surface area contributed by atoms with Crippen molar-refractivity contribution in [2.45, 2.75) is 19.8 Å². The lowest BCUT2D eigenvalue weighted by atomic mass is 10.3. The van der Waals surface area contributed by atoms with Crippen LogP contribution in [0.25, 0.3) is 0 Å². The summed E-state index contributed by atoms with van der Waals surface area (Å²) in [6, 6.07) is 0. The van der Waals surface area contributed by atoms with E-state index in [1.807, 2.05) is 6.92 Å². The van der Waals surface area contributed by atoms with E-state index >= 15 is 0 Å². The minimum absolute atomic E-state index is 0.0217. The van der Waals surface area contributed by atoms with Gasteiger partial charge in [-0.2, -0.15) is 0 Å². The molecular weight excluding hydrogens is 170 g/mol. The van der Waals surface area contributed by atoms with Crippen LogP contribution in [0.5, 0.6) is 0 Å². The van der Waals surface area contributed by atoms with Gasteiger partial charge in [-0.25, -0.2) is 0 Å². The van der Waals surface area contributed by atoms with Gasteiger partial charge in [0, 0.05) is 13.5 Å². The smallest absolute Gasteiger partial charge is 0.305 e. The van der Waals surface area contributed by atoms with E-state index in [2.05, 4.69) is 0 Å². The van der Waals surface area contributed by atoms with E-state index in [9.17, 15) is 4.79 Å². The Bertz CT molecular complexity index is 182. The summed E-state index contributed by atoms with van der Waals surface area (Å²) < 4.78 is 4.87. The number of hydrogen-bond acceptors (Lipinski definition) is 3. The van der Waals surface area contributed by atoms with Crippen molar-refractivity contribution in [3.8, 4) is 0 Å². The first kappa shape index (κ1) is 11.7. The Labute approximate surface area is 78.4 Å². The normalized spacial score (nSPS) is 9.38. The molecule has 0 aliphatic carbocycles. The summed E-state index contributed by atoms with van der Waals surface area (Å²) in [5.41, 5.74) is 5.18. The van der Waals surface area contributed by atoms with Gasteiger partial charge in [0.1, 0.15) is 6.61 Å². The highest BCUT2D eigenvalue weighted by Crippen LogP contribution is 1.91. The van der Waals surface area contributed by atoms with Crippen molar-refractivity contribution in [1.29, 1.82) is 5.41 Å². The Morgan fingerprint density at radius 3 is 2.69 bits per heavy atom. The summed E-state index contributed by atoms with van der Waals surface area (Å²) in [6.07, 6.45) is 1.24. The minimum atomic E-state index is -0.195. The largest absolute Gasteiger partial charge is 0.464 e. The molecule has 0 aliphatic heterocycles. The average molecular weight is 187 g/mol. The molecule has 0 rings (SSSR count). The molecule has 0 aromatic rings. The Kier molecular flexibility index (Phi) is 5.67. The molecule has 5 heteroatoms. The van der Waals surface area contributed by atoms with E-state index in [4.69, 9.17) is 15.9 Å². The predicted molar refractivity (Wildman–Crippen MR) is 50.4 cm³/mol. The van der Waals surface area contributed by atoms with E-state index in [0.717, 1.165) is 6.42 Å². The van der Waals surface area contributed by atoms with Crippen LogP contribution >= 0.6 is 0 Å². The lowest BCUT2D eigenvalue weighted by molar-refractivity contribution is -0.143. The van der Waals surface area contributed by atoms with Crippen molar-refractivity contribution < 1.29 is 9.53 Å². The molecule has 0 fully saturated rings. The third-order valence-corrected chi connectivity index (χ3v) is 1.56. The monoisotopic (exact) mass is 187 g/mol. The Balaban J connectivity index is 3.44. The Morgan fingerprint density at radius 2 is 2.23 bits per heavy atom. The Morgan fingerprint density at radius 1 is 1.62 bits per heavy atom. The molecule has 5 nitrogen and oxygen atoms in total. The molecule has 76 valence electrons. The van der Waals surface area contributed by atoms with Crippen LogP contribution in [0.1, 0.15) is 19.8 Å². The highest BCUT2D eigenvalue weighted by atomic mass is 16.5. The third-order valence-electron chi connectivity index (χ3n) is 1.56. The highest BCUT2D eigenvalue weighted by molar-refractivity contribution is 5.74. The third kappa shape index (κ3) is 5.95. The van der Waals surface area contributed by atoms with Crippen molar-refractivity contribution in [2.75, 3.05) is 20.2 Å². The summed E-state index contributed by atoms with van der Waals surface area (Å²) >= 11 is 0. The van der Waals surface area contributed by atoms with Gasteiger partial charge in [0.2, 0.25) is 0 Å². The summed E-state index contributed by atoms with van der Waals surface area (Å²) in [6.45, 7) is 2.67. The topological polar surface area (TPSA) is 79.4 Å². The number of carbonyl (C=O) groups is 1. The molecule has 13 heavy (non-hydrogen) atoms. The van der Waals surface area contributed by atoms with E-state index in [1.54, 1.807) is 7.05 Å². The van der Waals surface area contributed by atoms with Crippen LogP contribution in [-0.2, 0) is 9.53 Å².